The lowest BCUT2D eigenvalue weighted by Crippen LogP contribution is -2.51. The van der Waals surface area contributed by atoms with Crippen LogP contribution in [0.25, 0.3) is 21.5 Å². The average Bonchev–Trinajstić information content (AvgIpc) is 3.09. The second kappa shape index (κ2) is 7.12. The van der Waals surface area contributed by atoms with Crippen LogP contribution in [0.15, 0.2) is 24.5 Å². The van der Waals surface area contributed by atoms with Crippen LogP contribution in [0.2, 0.25) is 0 Å². The minimum Gasteiger partial charge on any atom is -0.325 e. The minimum atomic E-state index is -1.21. The Morgan fingerprint density at radius 3 is 2.93 bits per heavy atom. The van der Waals surface area contributed by atoms with Crippen molar-refractivity contribution in [2.45, 2.75) is 25.6 Å². The maximum absolute atomic E-state index is 13.8. The normalized spacial score (nSPS) is 20.0. The Kier molecular flexibility index (Phi) is 4.66. The molecule has 27 heavy (non-hydrogen) atoms. The number of pyridine rings is 2. The first kappa shape index (κ1) is 17.7. The van der Waals surface area contributed by atoms with Gasteiger partial charge in [0.05, 0.1) is 18.3 Å². The molecule has 0 spiro atoms. The van der Waals surface area contributed by atoms with E-state index in [2.05, 4.69) is 25.5 Å². The molecule has 1 aliphatic rings. The Labute approximate surface area is 158 Å². The quantitative estimate of drug-likeness (QED) is 0.698. The van der Waals surface area contributed by atoms with Crippen LogP contribution in [-0.4, -0.2) is 56.4 Å². The molecular weight excluding hydrogens is 369 g/mol. The summed E-state index contributed by atoms with van der Waals surface area (Å²) < 4.78 is 13.8. The molecule has 0 aromatic carbocycles. The molecule has 0 unspecified atom stereocenters. The zero-order valence-electron chi connectivity index (χ0n) is 14.6. The predicted octanol–water partition coefficient (Wildman–Crippen LogP) is 2.36. The molecule has 0 bridgehead atoms. The Balaban J connectivity index is 1.54. The van der Waals surface area contributed by atoms with Crippen molar-refractivity contribution in [3.63, 3.8) is 0 Å². The van der Waals surface area contributed by atoms with Gasteiger partial charge >= 0.3 is 6.03 Å². The number of halogens is 1. The second-order valence-corrected chi connectivity index (χ2v) is 7.64. The van der Waals surface area contributed by atoms with Crippen molar-refractivity contribution in [3.05, 3.63) is 29.5 Å². The minimum absolute atomic E-state index is 0.0112. The first-order valence-corrected chi connectivity index (χ1v) is 9.33. The first-order chi connectivity index (χ1) is 13.0. The molecule has 3 aromatic heterocycles. The van der Waals surface area contributed by atoms with Gasteiger partial charge in [-0.3, -0.25) is 10.3 Å². The number of hydrogen-bond donors (Lipinski definition) is 2. The number of nitrogens with one attached hydrogen (secondary N) is 1. The monoisotopic (exact) mass is 387 g/mol. The fourth-order valence-corrected chi connectivity index (χ4v) is 3.60. The zero-order valence-corrected chi connectivity index (χ0v) is 15.4. The lowest BCUT2D eigenvalue weighted by atomic mass is 10.0. The number of nitrogens with two attached hydrogens (primary N) is 1. The van der Waals surface area contributed by atoms with Crippen LogP contribution in [0.5, 0.6) is 0 Å². The van der Waals surface area contributed by atoms with Gasteiger partial charge in [0, 0.05) is 29.7 Å². The van der Waals surface area contributed by atoms with Gasteiger partial charge in [-0.15, -0.1) is 10.2 Å². The number of anilines is 1. The van der Waals surface area contributed by atoms with Gasteiger partial charge in [0.25, 0.3) is 0 Å². The van der Waals surface area contributed by atoms with E-state index in [1.807, 2.05) is 13.0 Å². The van der Waals surface area contributed by atoms with Crippen LogP contribution < -0.4 is 11.1 Å². The molecule has 1 fully saturated rings. The number of amides is 2. The summed E-state index contributed by atoms with van der Waals surface area (Å²) in [6, 6.07) is 2.76. The third-order valence-corrected chi connectivity index (χ3v) is 5.34. The second-order valence-electron chi connectivity index (χ2n) is 6.46. The average molecular weight is 387 g/mol. The molecule has 8 nitrogen and oxygen atoms in total. The smallest absolute Gasteiger partial charge is 0.323 e. The molecule has 1 saturated heterocycles. The summed E-state index contributed by atoms with van der Waals surface area (Å²) in [6.45, 7) is 2.30. The number of hydrogen-bond acceptors (Lipinski definition) is 7. The maximum atomic E-state index is 13.8. The van der Waals surface area contributed by atoms with E-state index >= 15 is 0 Å². The zero-order chi connectivity index (χ0) is 19.0. The van der Waals surface area contributed by atoms with E-state index in [1.54, 1.807) is 18.5 Å². The van der Waals surface area contributed by atoms with Crippen LogP contribution in [0.4, 0.5) is 15.0 Å². The number of fused-ring (bicyclic) bond motifs is 1. The Bertz CT molecular complexity index is 994. The van der Waals surface area contributed by atoms with E-state index < -0.39 is 12.2 Å². The van der Waals surface area contributed by atoms with E-state index in [9.17, 15) is 9.18 Å². The van der Waals surface area contributed by atoms with Crippen molar-refractivity contribution in [2.24, 2.45) is 5.73 Å². The van der Waals surface area contributed by atoms with Crippen molar-refractivity contribution < 1.29 is 9.18 Å². The summed E-state index contributed by atoms with van der Waals surface area (Å²) in [4.78, 5) is 22.4. The van der Waals surface area contributed by atoms with Gasteiger partial charge in [0.15, 0.2) is 0 Å². The SMILES string of the molecule is Cc1nnc(-c2cnc3cnc(NC(=O)N4CC[C@H](N)[C@H](F)C4)cc3c2)s1. The van der Waals surface area contributed by atoms with E-state index in [1.165, 1.54) is 16.2 Å². The molecule has 3 aromatic rings. The predicted molar refractivity (Wildman–Crippen MR) is 101 cm³/mol. The molecule has 0 radical (unpaired) electrons. The van der Waals surface area contributed by atoms with E-state index in [0.29, 0.717) is 24.3 Å². The van der Waals surface area contributed by atoms with E-state index in [4.69, 9.17) is 5.73 Å². The largest absolute Gasteiger partial charge is 0.325 e. The molecule has 140 valence electrons. The van der Waals surface area contributed by atoms with Gasteiger partial charge in [-0.1, -0.05) is 11.3 Å². The summed E-state index contributed by atoms with van der Waals surface area (Å²) in [5, 5.41) is 13.3. The lowest BCUT2D eigenvalue weighted by molar-refractivity contribution is 0.137. The van der Waals surface area contributed by atoms with Gasteiger partial charge in [-0.25, -0.2) is 14.2 Å². The van der Waals surface area contributed by atoms with Crippen molar-refractivity contribution in [2.75, 3.05) is 18.4 Å². The Hall–Kier alpha value is -2.72. The van der Waals surface area contributed by atoms with Gasteiger partial charge < -0.3 is 10.6 Å². The Morgan fingerprint density at radius 1 is 1.33 bits per heavy atom. The summed E-state index contributed by atoms with van der Waals surface area (Å²) in [6.07, 6.45) is 2.54. The number of carbonyl (C=O) groups excluding carboxylic acids is 1. The van der Waals surface area contributed by atoms with Crippen LogP contribution in [0.1, 0.15) is 11.4 Å². The van der Waals surface area contributed by atoms with Gasteiger partial charge in [0.2, 0.25) is 0 Å². The highest BCUT2D eigenvalue weighted by Crippen LogP contribution is 2.26. The number of aromatic nitrogens is 4. The molecule has 4 heterocycles. The van der Waals surface area contributed by atoms with Crippen molar-refractivity contribution in [1.29, 1.82) is 0 Å². The number of urea groups is 1. The molecule has 2 amide bonds. The topological polar surface area (TPSA) is 110 Å². The molecule has 1 aliphatic heterocycles. The summed E-state index contributed by atoms with van der Waals surface area (Å²) >= 11 is 1.48. The molecule has 4 rings (SSSR count). The summed E-state index contributed by atoms with van der Waals surface area (Å²) in [5.74, 6) is 0.380. The third-order valence-electron chi connectivity index (χ3n) is 4.45. The number of carbonyl (C=O) groups is 1. The molecular formula is C17H18FN7OS. The van der Waals surface area contributed by atoms with Crippen molar-refractivity contribution in [1.82, 2.24) is 25.1 Å². The van der Waals surface area contributed by atoms with Gasteiger partial charge in [0.1, 0.15) is 22.0 Å². The number of likely N-dealkylation sites (tertiary alicyclic amines) is 1. The van der Waals surface area contributed by atoms with Gasteiger partial charge in [-0.05, 0) is 25.5 Å². The van der Waals surface area contributed by atoms with Crippen molar-refractivity contribution in [3.8, 4) is 10.6 Å². The number of alkyl halides is 1. The fraction of sp³-hybridized carbons (Fsp3) is 0.353. The summed E-state index contributed by atoms with van der Waals surface area (Å²) in [7, 11) is 0. The number of piperidine rings is 1. The highest BCUT2D eigenvalue weighted by atomic mass is 32.1. The van der Waals surface area contributed by atoms with Crippen LogP contribution in [0, 0.1) is 6.92 Å². The molecule has 0 saturated carbocycles. The third kappa shape index (κ3) is 3.71. The first-order valence-electron chi connectivity index (χ1n) is 8.51. The van der Waals surface area contributed by atoms with Crippen molar-refractivity contribution >= 4 is 34.1 Å². The lowest BCUT2D eigenvalue weighted by Gasteiger charge is -2.32. The van der Waals surface area contributed by atoms with Crippen LogP contribution in [0.3, 0.4) is 0 Å². The maximum Gasteiger partial charge on any atom is 0.323 e. The molecule has 2 atom stereocenters. The number of rotatable bonds is 2. The highest BCUT2D eigenvalue weighted by Gasteiger charge is 2.29. The van der Waals surface area contributed by atoms with Crippen LogP contribution >= 0.6 is 11.3 Å². The Morgan fingerprint density at radius 2 is 2.19 bits per heavy atom. The van der Waals surface area contributed by atoms with E-state index in [-0.39, 0.29) is 12.6 Å². The van der Waals surface area contributed by atoms with Gasteiger partial charge in [-0.2, -0.15) is 0 Å². The summed E-state index contributed by atoms with van der Waals surface area (Å²) in [5.41, 5.74) is 7.21. The highest BCUT2D eigenvalue weighted by molar-refractivity contribution is 7.14. The number of aryl methyl sites for hydroxylation is 1. The number of nitrogens with zero attached hydrogens (tertiary/aromatic N) is 5. The molecule has 3 N–H and O–H groups in total. The fourth-order valence-electron chi connectivity index (χ4n) is 2.93. The molecule has 10 heteroatoms. The van der Waals surface area contributed by atoms with E-state index in [0.717, 1.165) is 21.0 Å². The molecule has 0 aliphatic carbocycles. The van der Waals surface area contributed by atoms with Crippen LogP contribution in [-0.2, 0) is 0 Å². The standard InChI is InChI=1S/C17H18FN7OS/c1-9-23-24-16(27-9)11-4-10-5-15(21-7-14(10)20-6-11)22-17(26)25-3-2-13(19)12(18)8-25/h4-7,12-13H,2-3,8,19H2,1H3,(H,21,22,26)/t12-,13+/m1/s1.